The maximum atomic E-state index is 13.0. The normalized spacial score (nSPS) is 22.8. The molecule has 0 aromatic heterocycles. The molecule has 116 valence electrons. The van der Waals surface area contributed by atoms with Gasteiger partial charge in [-0.3, -0.25) is 4.79 Å². The molecule has 1 aliphatic rings. The highest BCUT2D eigenvalue weighted by Crippen LogP contribution is 2.46. The second-order valence-electron chi connectivity index (χ2n) is 6.30. The minimum Gasteiger partial charge on any atom is -0.481 e. The lowest BCUT2D eigenvalue weighted by atomic mass is 9.84. The van der Waals surface area contributed by atoms with Crippen LogP contribution in [0.4, 0.5) is 13.2 Å². The molecule has 1 heterocycles. The molecule has 0 radical (unpaired) electrons. The highest BCUT2D eigenvalue weighted by Gasteiger charge is 2.50. The minimum atomic E-state index is -4.52. The Kier molecular flexibility index (Phi) is 4.04. The van der Waals surface area contributed by atoms with Gasteiger partial charge >= 0.3 is 12.1 Å². The van der Waals surface area contributed by atoms with Crippen molar-refractivity contribution in [2.45, 2.75) is 48.9 Å². The van der Waals surface area contributed by atoms with Crippen LogP contribution in [-0.2, 0) is 16.6 Å². The van der Waals surface area contributed by atoms with Gasteiger partial charge in [-0.2, -0.15) is 13.2 Å². The van der Waals surface area contributed by atoms with Gasteiger partial charge in [0.15, 0.2) is 0 Å². The van der Waals surface area contributed by atoms with Crippen molar-refractivity contribution in [1.82, 2.24) is 0 Å². The number of alkyl halides is 3. The molecule has 1 aliphatic heterocycles. The molecule has 0 unspecified atom stereocenters. The Morgan fingerprint density at radius 1 is 1.29 bits per heavy atom. The second-order valence-corrected chi connectivity index (χ2v) is 7.48. The predicted octanol–water partition coefficient (Wildman–Crippen LogP) is 4.26. The van der Waals surface area contributed by atoms with Crippen LogP contribution in [0.1, 0.15) is 31.9 Å². The minimum absolute atomic E-state index is 0.0776. The van der Waals surface area contributed by atoms with Gasteiger partial charge < -0.3 is 5.11 Å². The number of carbonyl (C=O) groups is 1. The number of carboxylic acids is 1. The van der Waals surface area contributed by atoms with Crippen LogP contribution in [0.25, 0.3) is 0 Å². The van der Waals surface area contributed by atoms with Gasteiger partial charge in [0.2, 0.25) is 0 Å². The third-order valence-corrected chi connectivity index (χ3v) is 5.13. The number of benzene rings is 1. The van der Waals surface area contributed by atoms with Gasteiger partial charge in [0.25, 0.3) is 0 Å². The Morgan fingerprint density at radius 3 is 2.38 bits per heavy atom. The molecule has 0 spiro atoms. The zero-order chi connectivity index (χ0) is 16.0. The van der Waals surface area contributed by atoms with Crippen LogP contribution in [0.2, 0.25) is 0 Å². The van der Waals surface area contributed by atoms with Gasteiger partial charge in [0, 0.05) is 4.90 Å². The first-order chi connectivity index (χ1) is 9.50. The van der Waals surface area contributed by atoms with Gasteiger partial charge in [0.05, 0.1) is 5.92 Å². The van der Waals surface area contributed by atoms with Crippen molar-refractivity contribution in [3.05, 3.63) is 29.3 Å². The van der Waals surface area contributed by atoms with Crippen LogP contribution >= 0.6 is 11.8 Å². The van der Waals surface area contributed by atoms with E-state index >= 15 is 0 Å². The Morgan fingerprint density at radius 2 is 1.90 bits per heavy atom. The summed E-state index contributed by atoms with van der Waals surface area (Å²) in [5.74, 6) is -2.82. The molecule has 21 heavy (non-hydrogen) atoms. The maximum absolute atomic E-state index is 13.0. The molecular weight excluding hydrogens is 301 g/mol. The SMILES string of the molecule is CC(C)(C)c1ccc2c(c1)C[C@H](C(=O)O)[C@@H](C(F)(F)F)S2. The quantitative estimate of drug-likeness (QED) is 0.840. The van der Waals surface area contributed by atoms with E-state index in [9.17, 15) is 18.0 Å². The standard InChI is InChI=1S/C15H17F3O2S/c1-14(2,3)9-4-5-11-8(6-9)7-10(13(19)20)12(21-11)15(16,17)18/h4-6,10,12H,7H2,1-3H3,(H,19,20)/t10-,12-/m0/s1. The first-order valence-corrected chi connectivity index (χ1v) is 7.47. The summed E-state index contributed by atoms with van der Waals surface area (Å²) >= 11 is 0.614. The van der Waals surface area contributed by atoms with Crippen molar-refractivity contribution in [2.75, 3.05) is 0 Å². The molecule has 2 rings (SSSR count). The van der Waals surface area contributed by atoms with Crippen LogP contribution < -0.4 is 0 Å². The lowest BCUT2D eigenvalue weighted by molar-refractivity contribution is -0.160. The summed E-state index contributed by atoms with van der Waals surface area (Å²) in [5, 5.41) is 7.23. The zero-order valence-electron chi connectivity index (χ0n) is 12.0. The van der Waals surface area contributed by atoms with Crippen LogP contribution in [-0.4, -0.2) is 22.5 Å². The summed E-state index contributed by atoms with van der Waals surface area (Å²) in [5.41, 5.74) is 1.57. The van der Waals surface area contributed by atoms with Gasteiger partial charge in [-0.15, -0.1) is 11.8 Å². The predicted molar refractivity (Wildman–Crippen MR) is 75.7 cm³/mol. The summed E-state index contributed by atoms with van der Waals surface area (Å²) in [6.45, 7) is 6.04. The number of halogens is 3. The van der Waals surface area contributed by atoms with Crippen molar-refractivity contribution >= 4 is 17.7 Å². The molecule has 0 amide bonds. The Bertz CT molecular complexity index is 561. The number of fused-ring (bicyclic) bond motifs is 1. The largest absolute Gasteiger partial charge is 0.481 e. The van der Waals surface area contributed by atoms with Crippen molar-refractivity contribution in [3.63, 3.8) is 0 Å². The van der Waals surface area contributed by atoms with E-state index in [0.717, 1.165) is 5.56 Å². The average molecular weight is 318 g/mol. The van der Waals surface area contributed by atoms with Crippen LogP contribution in [0.15, 0.2) is 23.1 Å². The number of hydrogen-bond donors (Lipinski definition) is 1. The highest BCUT2D eigenvalue weighted by atomic mass is 32.2. The molecule has 1 aromatic rings. The topological polar surface area (TPSA) is 37.3 Å². The van der Waals surface area contributed by atoms with E-state index in [-0.39, 0.29) is 11.8 Å². The Labute approximate surface area is 125 Å². The molecule has 6 heteroatoms. The van der Waals surface area contributed by atoms with E-state index in [1.54, 1.807) is 6.07 Å². The van der Waals surface area contributed by atoms with Gasteiger partial charge in [-0.25, -0.2) is 0 Å². The molecule has 2 atom stereocenters. The third-order valence-electron chi connectivity index (χ3n) is 3.63. The van der Waals surface area contributed by atoms with Gasteiger partial charge in [0.1, 0.15) is 5.25 Å². The summed E-state index contributed by atoms with van der Waals surface area (Å²) in [7, 11) is 0. The van der Waals surface area contributed by atoms with E-state index in [1.807, 2.05) is 32.9 Å². The molecule has 0 aliphatic carbocycles. The van der Waals surface area contributed by atoms with E-state index in [2.05, 4.69) is 0 Å². The molecule has 0 saturated heterocycles. The zero-order valence-corrected chi connectivity index (χ0v) is 12.8. The summed E-state index contributed by atoms with van der Waals surface area (Å²) in [4.78, 5) is 11.7. The average Bonchev–Trinajstić information content (AvgIpc) is 2.34. The number of thioether (sulfide) groups is 1. The Balaban J connectivity index is 2.43. The molecule has 1 N–H and O–H groups in total. The van der Waals surface area contributed by atoms with Crippen molar-refractivity contribution in [3.8, 4) is 0 Å². The number of rotatable bonds is 1. The highest BCUT2D eigenvalue weighted by molar-refractivity contribution is 8.00. The first-order valence-electron chi connectivity index (χ1n) is 6.60. The monoisotopic (exact) mass is 318 g/mol. The fourth-order valence-electron chi connectivity index (χ4n) is 2.40. The fraction of sp³-hybridized carbons (Fsp3) is 0.533. The first kappa shape index (κ1) is 16.2. The lowest BCUT2D eigenvalue weighted by Crippen LogP contribution is -2.41. The van der Waals surface area contributed by atoms with Crippen LogP contribution in [0.3, 0.4) is 0 Å². The molecule has 0 saturated carbocycles. The van der Waals surface area contributed by atoms with Crippen LogP contribution in [0, 0.1) is 5.92 Å². The maximum Gasteiger partial charge on any atom is 0.401 e. The van der Waals surface area contributed by atoms with Crippen molar-refractivity contribution in [1.29, 1.82) is 0 Å². The number of aliphatic carboxylic acids is 1. The van der Waals surface area contributed by atoms with Gasteiger partial charge in [-0.05, 0) is 29.0 Å². The molecule has 0 bridgehead atoms. The molecule has 2 nitrogen and oxygen atoms in total. The fourth-order valence-corrected chi connectivity index (χ4v) is 3.62. The number of hydrogen-bond acceptors (Lipinski definition) is 2. The van der Waals surface area contributed by atoms with E-state index in [1.165, 1.54) is 0 Å². The molecule has 0 fully saturated rings. The van der Waals surface area contributed by atoms with Crippen molar-refractivity contribution < 1.29 is 23.1 Å². The Hall–Kier alpha value is -1.17. The van der Waals surface area contributed by atoms with E-state index in [0.29, 0.717) is 22.2 Å². The number of carboxylic acid groups (broad SMARTS) is 1. The van der Waals surface area contributed by atoms with E-state index in [4.69, 9.17) is 5.11 Å². The third kappa shape index (κ3) is 3.36. The van der Waals surface area contributed by atoms with Gasteiger partial charge in [-0.1, -0.05) is 32.9 Å². The summed E-state index contributed by atoms with van der Waals surface area (Å²) in [6.07, 6.45) is -4.60. The molecular formula is C15H17F3O2S. The lowest BCUT2D eigenvalue weighted by Gasteiger charge is -2.32. The smallest absolute Gasteiger partial charge is 0.401 e. The van der Waals surface area contributed by atoms with Crippen LogP contribution in [0.5, 0.6) is 0 Å². The second kappa shape index (κ2) is 5.23. The summed E-state index contributed by atoms with van der Waals surface area (Å²) in [6, 6.07) is 5.34. The van der Waals surface area contributed by atoms with Crippen molar-refractivity contribution in [2.24, 2.45) is 5.92 Å². The molecule has 1 aromatic carbocycles. The van der Waals surface area contributed by atoms with E-state index < -0.39 is 23.3 Å². The summed E-state index contributed by atoms with van der Waals surface area (Å²) < 4.78 is 39.1.